The second-order valence-corrected chi connectivity index (χ2v) is 5.84. The maximum atomic E-state index is 10.3. The molecule has 1 aliphatic rings. The van der Waals surface area contributed by atoms with Crippen LogP contribution >= 0.6 is 11.6 Å². The van der Waals surface area contributed by atoms with Crippen molar-refractivity contribution in [3.63, 3.8) is 0 Å². The molecule has 8 heteroatoms. The van der Waals surface area contributed by atoms with Gasteiger partial charge in [-0.05, 0) is 12.5 Å². The average Bonchev–Trinajstić information content (AvgIpc) is 2.94. The second kappa shape index (κ2) is 7.04. The summed E-state index contributed by atoms with van der Waals surface area (Å²) in [5, 5.41) is 18.3. The Balaban J connectivity index is 1.47. The molecule has 0 saturated carbocycles. The number of aromatic nitrogens is 4. The number of anilines is 1. The largest absolute Gasteiger partial charge is 0.390 e. The first kappa shape index (κ1) is 15.2. The summed E-state index contributed by atoms with van der Waals surface area (Å²) in [6.45, 7) is 3.14. The molecule has 0 aliphatic carbocycles. The van der Waals surface area contributed by atoms with E-state index >= 15 is 0 Å². The first-order chi connectivity index (χ1) is 10.7. The van der Waals surface area contributed by atoms with Gasteiger partial charge in [0, 0.05) is 38.2 Å². The third-order valence-corrected chi connectivity index (χ3v) is 3.99. The number of hydrogen-bond acceptors (Lipinski definition) is 6. The van der Waals surface area contributed by atoms with Crippen molar-refractivity contribution in [2.75, 3.05) is 25.0 Å². The minimum atomic E-state index is -0.446. The first-order valence-corrected chi connectivity index (χ1v) is 7.70. The predicted octanol–water partition coefficient (Wildman–Crippen LogP) is 0.874. The molecule has 0 spiro atoms. The van der Waals surface area contributed by atoms with Gasteiger partial charge in [-0.3, -0.25) is 9.58 Å². The molecule has 0 bridgehead atoms. The van der Waals surface area contributed by atoms with Crippen molar-refractivity contribution in [2.45, 2.75) is 25.1 Å². The maximum Gasteiger partial charge on any atom is 0.222 e. The molecule has 1 fully saturated rings. The zero-order valence-corrected chi connectivity index (χ0v) is 12.9. The zero-order chi connectivity index (χ0) is 15.4. The van der Waals surface area contributed by atoms with Crippen LogP contribution in [-0.4, -0.2) is 61.5 Å². The molecular formula is C14H19ClN6O. The molecule has 0 radical (unpaired) electrons. The topological polar surface area (TPSA) is 79.1 Å². The van der Waals surface area contributed by atoms with Gasteiger partial charge in [0.25, 0.3) is 0 Å². The van der Waals surface area contributed by atoms with Gasteiger partial charge < -0.3 is 10.4 Å². The number of hydrogen-bond donors (Lipinski definition) is 2. The van der Waals surface area contributed by atoms with Crippen molar-refractivity contribution < 1.29 is 5.11 Å². The number of rotatable bonds is 5. The first-order valence-electron chi connectivity index (χ1n) is 7.32. The zero-order valence-electron chi connectivity index (χ0n) is 12.1. The summed E-state index contributed by atoms with van der Waals surface area (Å²) in [7, 11) is 0. The van der Waals surface area contributed by atoms with Gasteiger partial charge in [0.15, 0.2) is 0 Å². The molecule has 2 aromatic rings. The Kier molecular flexibility index (Phi) is 4.87. The standard InChI is InChI=1S/C14H19ClN6O/c15-11-8-18-21(9-11)7-6-20-5-2-12(13(22)10-20)19-14-16-3-1-4-17-14/h1,3-4,8-9,12-13,22H,2,5-7,10H2,(H,16,17,19)/t12-,13-/m1/s1. The van der Waals surface area contributed by atoms with E-state index < -0.39 is 6.10 Å². The van der Waals surface area contributed by atoms with E-state index in [1.807, 2.05) is 4.68 Å². The molecule has 0 aromatic carbocycles. The fourth-order valence-electron chi connectivity index (χ4n) is 2.61. The van der Waals surface area contributed by atoms with E-state index in [2.05, 4.69) is 25.3 Å². The summed E-state index contributed by atoms with van der Waals surface area (Å²) >= 11 is 5.84. The van der Waals surface area contributed by atoms with Crippen LogP contribution in [0.2, 0.25) is 5.02 Å². The number of aliphatic hydroxyl groups is 1. The Hall–Kier alpha value is -1.70. The normalized spacial score (nSPS) is 22.6. The van der Waals surface area contributed by atoms with Crippen LogP contribution in [0, 0.1) is 0 Å². The highest BCUT2D eigenvalue weighted by Crippen LogP contribution is 2.15. The minimum Gasteiger partial charge on any atom is -0.390 e. The van der Waals surface area contributed by atoms with Gasteiger partial charge in [-0.1, -0.05) is 11.6 Å². The lowest BCUT2D eigenvalue weighted by Crippen LogP contribution is -2.50. The van der Waals surface area contributed by atoms with Crippen LogP contribution in [0.25, 0.3) is 0 Å². The van der Waals surface area contributed by atoms with Crippen LogP contribution in [0.4, 0.5) is 5.95 Å². The lowest BCUT2D eigenvalue weighted by molar-refractivity contribution is 0.0575. The summed E-state index contributed by atoms with van der Waals surface area (Å²) in [6.07, 6.45) is 7.21. The molecule has 22 heavy (non-hydrogen) atoms. The van der Waals surface area contributed by atoms with Crippen LogP contribution < -0.4 is 5.32 Å². The molecule has 0 unspecified atom stereocenters. The Morgan fingerprint density at radius 3 is 2.82 bits per heavy atom. The van der Waals surface area contributed by atoms with Crippen molar-refractivity contribution in [3.8, 4) is 0 Å². The van der Waals surface area contributed by atoms with E-state index in [1.165, 1.54) is 0 Å². The Labute approximate surface area is 133 Å². The number of halogens is 1. The van der Waals surface area contributed by atoms with E-state index in [0.29, 0.717) is 17.5 Å². The van der Waals surface area contributed by atoms with E-state index in [0.717, 1.165) is 26.1 Å². The lowest BCUT2D eigenvalue weighted by Gasteiger charge is -2.36. The SMILES string of the molecule is O[C@@H]1CN(CCn2cc(Cl)cn2)CC[C@H]1Nc1ncccn1. The van der Waals surface area contributed by atoms with Crippen molar-refractivity contribution in [3.05, 3.63) is 35.9 Å². The van der Waals surface area contributed by atoms with Gasteiger partial charge >= 0.3 is 0 Å². The maximum absolute atomic E-state index is 10.3. The molecule has 2 N–H and O–H groups in total. The highest BCUT2D eigenvalue weighted by molar-refractivity contribution is 6.30. The second-order valence-electron chi connectivity index (χ2n) is 5.40. The van der Waals surface area contributed by atoms with Crippen molar-refractivity contribution in [2.24, 2.45) is 0 Å². The molecule has 118 valence electrons. The molecule has 3 heterocycles. The van der Waals surface area contributed by atoms with E-state index in [4.69, 9.17) is 11.6 Å². The van der Waals surface area contributed by atoms with Crippen molar-refractivity contribution >= 4 is 17.5 Å². The van der Waals surface area contributed by atoms with Crippen molar-refractivity contribution in [1.82, 2.24) is 24.6 Å². The third-order valence-electron chi connectivity index (χ3n) is 3.79. The number of β-amino-alcohol motifs (C(OH)–C–C–N with tert-alkyl or cyclic N) is 1. The summed E-state index contributed by atoms with van der Waals surface area (Å²) in [4.78, 5) is 10.5. The predicted molar refractivity (Wildman–Crippen MR) is 83.7 cm³/mol. The average molecular weight is 323 g/mol. The number of nitrogens with one attached hydrogen (secondary N) is 1. The Morgan fingerprint density at radius 1 is 1.32 bits per heavy atom. The number of aliphatic hydroxyl groups excluding tert-OH is 1. The highest BCUT2D eigenvalue weighted by Gasteiger charge is 2.27. The fraction of sp³-hybridized carbons (Fsp3) is 0.500. The molecule has 3 rings (SSSR count). The van der Waals surface area contributed by atoms with Crippen LogP contribution in [0.5, 0.6) is 0 Å². The lowest BCUT2D eigenvalue weighted by atomic mass is 10.0. The molecular weight excluding hydrogens is 304 g/mol. The van der Waals surface area contributed by atoms with Gasteiger partial charge in [0.05, 0.1) is 29.9 Å². The summed E-state index contributed by atoms with van der Waals surface area (Å²) < 4.78 is 1.82. The third kappa shape index (κ3) is 3.94. The van der Waals surface area contributed by atoms with E-state index in [1.54, 1.807) is 30.9 Å². The monoisotopic (exact) mass is 322 g/mol. The quantitative estimate of drug-likeness (QED) is 0.850. The van der Waals surface area contributed by atoms with Gasteiger partial charge in [0.2, 0.25) is 5.95 Å². The molecule has 1 aliphatic heterocycles. The van der Waals surface area contributed by atoms with Crippen LogP contribution in [0.15, 0.2) is 30.9 Å². The van der Waals surface area contributed by atoms with Crippen molar-refractivity contribution in [1.29, 1.82) is 0 Å². The molecule has 1 saturated heterocycles. The molecule has 2 aromatic heterocycles. The van der Waals surface area contributed by atoms with Crippen LogP contribution in [-0.2, 0) is 6.54 Å². The fourth-order valence-corrected chi connectivity index (χ4v) is 2.77. The molecule has 0 amide bonds. The number of nitrogens with zero attached hydrogens (tertiary/aromatic N) is 5. The van der Waals surface area contributed by atoms with Crippen LogP contribution in [0.3, 0.4) is 0 Å². The van der Waals surface area contributed by atoms with Gasteiger partial charge in [-0.25, -0.2) is 9.97 Å². The highest BCUT2D eigenvalue weighted by atomic mass is 35.5. The summed E-state index contributed by atoms with van der Waals surface area (Å²) in [6, 6.07) is 1.75. The van der Waals surface area contributed by atoms with E-state index in [-0.39, 0.29) is 6.04 Å². The number of likely N-dealkylation sites (tertiary alicyclic amines) is 1. The van der Waals surface area contributed by atoms with Crippen LogP contribution in [0.1, 0.15) is 6.42 Å². The minimum absolute atomic E-state index is 0.0159. The smallest absolute Gasteiger partial charge is 0.222 e. The summed E-state index contributed by atoms with van der Waals surface area (Å²) in [5.74, 6) is 0.561. The van der Waals surface area contributed by atoms with Gasteiger partial charge in [-0.2, -0.15) is 5.10 Å². The molecule has 7 nitrogen and oxygen atoms in total. The molecule has 2 atom stereocenters. The Morgan fingerprint density at radius 2 is 2.14 bits per heavy atom. The van der Waals surface area contributed by atoms with Gasteiger partial charge in [0.1, 0.15) is 0 Å². The van der Waals surface area contributed by atoms with Gasteiger partial charge in [-0.15, -0.1) is 0 Å². The Bertz CT molecular complexity index is 592. The number of piperidine rings is 1. The summed E-state index contributed by atoms with van der Waals surface area (Å²) in [5.41, 5.74) is 0. The van der Waals surface area contributed by atoms with E-state index in [9.17, 15) is 5.11 Å².